The van der Waals surface area contributed by atoms with Crippen molar-refractivity contribution in [3.8, 4) is 0 Å². The van der Waals surface area contributed by atoms with E-state index in [1.165, 1.54) is 308 Å². The second-order valence-corrected chi connectivity index (χ2v) is 36.3. The molecule has 0 bridgehead atoms. The summed E-state index contributed by atoms with van der Waals surface area (Å²) >= 11 is 4.71. The summed E-state index contributed by atoms with van der Waals surface area (Å²) in [6.45, 7) is 39.3. The third-order valence-corrected chi connectivity index (χ3v) is 27.6. The number of ketones is 1. The van der Waals surface area contributed by atoms with Crippen molar-refractivity contribution < 1.29 is 65.3 Å². The molecule has 0 aromatic heterocycles. The van der Waals surface area contributed by atoms with Crippen LogP contribution in [0.5, 0.6) is 0 Å². The predicted octanol–water partition coefficient (Wildman–Crippen LogP) is 22.9. The standard InChI is InChI=1S/C22H38O3.C21H36O2.C18H34O.C17H30O.C6H15N.2C4H8O.C3H3ClO.CH3.BrH.Mg/c1-4-5-6-7-18-8-10-19(11-9-18)20-12-14-22(3,15-13-20)25-21(24)17(2)16-23;1-4-6-7-8-17-9-11-18(12-10-17)19-13-15-21(3,16-14-19)23-20(22)5-2;1-3-4-5-6-15-7-9-16(10-8-15)17-11-13-18(2,19)14-12-17;1-2-3-4-5-14-6-8-15(9-7-14)16-10-12-17(18)13-11-16;1-4-7(5-2)6-3;2*1-2-4-5-3-1;1-2-3(4)5;;;/h18-20,23H,2,4-16H2,1,3H3;5,17-19H,2,4,6-16H2,1,3H3;15-17,19H,3-14H2,1-2H3;14-16H,2-13H2,1H3;4-6H2,1-3H3;2*1-4H2;2H,1H2;1H3;1H;/q;;;;;;;;-1;;+2/p-1. The topological polar surface area (TPSA) is 149 Å². The minimum Gasteiger partial charge on any atom is -1.00 e. The van der Waals surface area contributed by atoms with Gasteiger partial charge in [-0.1, -0.05) is 222 Å². The van der Waals surface area contributed by atoms with E-state index in [2.05, 4.69) is 80.0 Å². The van der Waals surface area contributed by atoms with Crippen LogP contribution in [0, 0.1) is 78.4 Å². The summed E-state index contributed by atoms with van der Waals surface area (Å²) in [6, 6.07) is 0. The smallest absolute Gasteiger partial charge is 1.00 e. The number of halogens is 2. The van der Waals surface area contributed by atoms with Crippen molar-refractivity contribution in [2.24, 2.45) is 71.0 Å². The molecule has 2 saturated heterocycles. The predicted molar refractivity (Wildman–Crippen MR) is 464 cm³/mol. The summed E-state index contributed by atoms with van der Waals surface area (Å²) in [7, 11) is 0. The van der Waals surface area contributed by atoms with E-state index in [1.54, 1.807) is 0 Å². The van der Waals surface area contributed by atoms with Gasteiger partial charge in [-0.3, -0.25) is 9.59 Å². The molecule has 0 unspecified atom stereocenters. The van der Waals surface area contributed by atoms with Gasteiger partial charge in [0, 0.05) is 45.3 Å². The molecule has 10 aliphatic rings. The van der Waals surface area contributed by atoms with Gasteiger partial charge in [0.05, 0.1) is 17.8 Å². The molecular formula is C96H175BrClMgNO10. The van der Waals surface area contributed by atoms with Crippen LogP contribution < -0.4 is 17.0 Å². The van der Waals surface area contributed by atoms with Crippen molar-refractivity contribution in [2.45, 2.75) is 420 Å². The van der Waals surface area contributed by atoms with Crippen molar-refractivity contribution in [1.82, 2.24) is 4.90 Å². The molecule has 8 aliphatic carbocycles. The largest absolute Gasteiger partial charge is 2.00 e. The maximum absolute atomic E-state index is 11.9. The molecule has 0 spiro atoms. The van der Waals surface area contributed by atoms with Crippen molar-refractivity contribution in [3.05, 3.63) is 44.9 Å². The van der Waals surface area contributed by atoms with E-state index in [4.69, 9.17) is 35.7 Å². The Bertz CT molecular complexity index is 2230. The van der Waals surface area contributed by atoms with Crippen LogP contribution in [0.15, 0.2) is 37.5 Å². The van der Waals surface area contributed by atoms with Gasteiger partial charge in [0.1, 0.15) is 17.0 Å². The van der Waals surface area contributed by atoms with Crippen LogP contribution in [-0.4, -0.2) is 131 Å². The Kier molecular flexibility index (Phi) is 65.0. The minimum atomic E-state index is -0.509. The minimum absolute atomic E-state index is 0. The van der Waals surface area contributed by atoms with E-state index >= 15 is 0 Å². The summed E-state index contributed by atoms with van der Waals surface area (Å²) < 4.78 is 21.1. The second kappa shape index (κ2) is 65.7. The molecule has 8 saturated carbocycles. The molecule has 10 fully saturated rings. The van der Waals surface area contributed by atoms with Crippen molar-refractivity contribution >= 4 is 57.6 Å². The summed E-state index contributed by atoms with van der Waals surface area (Å²) in [4.78, 5) is 46.5. The van der Waals surface area contributed by atoms with Gasteiger partial charge >= 0.3 is 35.0 Å². The van der Waals surface area contributed by atoms with Crippen LogP contribution in [0.2, 0.25) is 0 Å². The molecule has 2 heterocycles. The van der Waals surface area contributed by atoms with Crippen LogP contribution in [0.4, 0.5) is 0 Å². The monoisotopic (exact) mass is 1640 g/mol. The number of rotatable bonds is 29. The average Bonchev–Trinajstić information content (AvgIpc) is 1.19. The van der Waals surface area contributed by atoms with Crippen molar-refractivity contribution in [1.29, 1.82) is 0 Å². The Morgan fingerprint density at radius 1 is 0.455 bits per heavy atom. The molecule has 11 nitrogen and oxygen atoms in total. The Balaban J connectivity index is 0.00000131. The van der Waals surface area contributed by atoms with E-state index < -0.39 is 11.2 Å². The van der Waals surface area contributed by atoms with Gasteiger partial charge in [-0.05, 0) is 296 Å². The first-order chi connectivity index (χ1) is 51.5. The summed E-state index contributed by atoms with van der Waals surface area (Å²) in [6.07, 6.45) is 70.8. The number of unbranched alkanes of at least 4 members (excludes halogenated alkanes) is 8. The zero-order valence-electron chi connectivity index (χ0n) is 73.7. The first-order valence-corrected chi connectivity index (χ1v) is 46.2. The van der Waals surface area contributed by atoms with E-state index in [1.807, 2.05) is 13.8 Å². The zero-order valence-corrected chi connectivity index (χ0v) is 77.5. The third-order valence-electron chi connectivity index (χ3n) is 27.5. The maximum atomic E-state index is 11.9. The number of hydrogen-bond acceptors (Lipinski definition) is 11. The second-order valence-electron chi connectivity index (χ2n) is 35.9. The molecule has 0 aromatic rings. The molecule has 110 heavy (non-hydrogen) atoms. The van der Waals surface area contributed by atoms with Gasteiger partial charge in [0.15, 0.2) is 0 Å². The van der Waals surface area contributed by atoms with E-state index in [9.17, 15) is 24.3 Å². The first kappa shape index (κ1) is 109. The fourth-order valence-corrected chi connectivity index (χ4v) is 19.7. The van der Waals surface area contributed by atoms with Gasteiger partial charge in [-0.25, -0.2) is 9.59 Å². The number of ether oxygens (including phenoxy) is 4. The average molecular weight is 1640 g/mol. The number of aliphatic hydroxyl groups excluding tert-OH is 1. The van der Waals surface area contributed by atoms with E-state index in [0.717, 1.165) is 155 Å². The summed E-state index contributed by atoms with van der Waals surface area (Å²) in [5.74, 6) is 11.1. The van der Waals surface area contributed by atoms with Crippen molar-refractivity contribution in [3.63, 3.8) is 0 Å². The summed E-state index contributed by atoms with van der Waals surface area (Å²) in [5.41, 5.74) is -0.819. The van der Waals surface area contributed by atoms with Crippen LogP contribution in [0.3, 0.4) is 0 Å². The fraction of sp³-hybridized carbons (Fsp3) is 0.885. The Labute approximate surface area is 711 Å². The van der Waals surface area contributed by atoms with Crippen LogP contribution >= 0.6 is 11.6 Å². The van der Waals surface area contributed by atoms with Crippen LogP contribution in [0.25, 0.3) is 0 Å². The molecule has 14 heteroatoms. The number of nitrogens with zero attached hydrogens (tertiary/aromatic N) is 1. The van der Waals surface area contributed by atoms with Crippen molar-refractivity contribution in [2.75, 3.05) is 52.7 Å². The van der Waals surface area contributed by atoms with E-state index in [0.29, 0.717) is 5.78 Å². The maximum Gasteiger partial charge on any atom is 2.00 e. The Morgan fingerprint density at radius 2 is 0.718 bits per heavy atom. The molecule has 0 amide bonds. The van der Waals surface area contributed by atoms with Gasteiger partial charge in [0.2, 0.25) is 5.24 Å². The quantitative estimate of drug-likeness (QED) is 0.0184. The number of carbonyl (C=O) groups excluding carboxylic acids is 4. The van der Waals surface area contributed by atoms with Gasteiger partial charge < -0.3 is 58.5 Å². The first-order valence-electron chi connectivity index (χ1n) is 45.9. The number of esters is 2. The van der Waals surface area contributed by atoms with E-state index in [-0.39, 0.29) is 82.4 Å². The number of aliphatic hydroxyl groups is 2. The molecular weight excluding hydrogens is 1470 g/mol. The number of Topliss-reactive ketones (excluding diaryl/α,β-unsaturated/α-hetero) is 1. The van der Waals surface area contributed by atoms with Crippen LogP contribution in [-0.2, 0) is 38.1 Å². The molecule has 0 aromatic carbocycles. The van der Waals surface area contributed by atoms with Gasteiger partial charge in [0.25, 0.3) is 0 Å². The molecule has 0 radical (unpaired) electrons. The van der Waals surface area contributed by atoms with Gasteiger partial charge in [-0.2, -0.15) is 0 Å². The Hall–Kier alpha value is -1.16. The van der Waals surface area contributed by atoms with Crippen LogP contribution in [0.1, 0.15) is 403 Å². The zero-order chi connectivity index (χ0) is 78.6. The number of hydrogen-bond donors (Lipinski definition) is 2. The third kappa shape index (κ3) is 48.7. The number of allylic oxidation sites excluding steroid dienone is 1. The fourth-order valence-electron chi connectivity index (χ4n) is 19.7. The normalized spacial score (nSPS) is 29.9. The summed E-state index contributed by atoms with van der Waals surface area (Å²) in [5, 5.41) is 18.6. The molecule has 2 N–H and O–H groups in total. The molecule has 2 aliphatic heterocycles. The molecule has 10 rings (SSSR count). The van der Waals surface area contributed by atoms with Gasteiger partial charge in [-0.15, -0.1) is 0 Å². The molecule has 0 atom stereocenters. The molecule has 640 valence electrons. The number of carbonyl (C=O) groups is 4. The Morgan fingerprint density at radius 3 is 0.945 bits per heavy atom. The SMILES string of the molecule is C1CCOC1.C1CCOC1.C=C(CO)C(=O)OC1(C)CCC(C2CCC(CCCCC)CC2)CC1.C=CC(=O)Cl.C=CC(=O)OC1(C)CCC(C2CCC(CCCCC)CC2)CC1.CCCCCC1CCC(C2CCC(=O)CC2)CC1.CCCCCC1CCC(C2CCC(C)(O)CC2)CC1.CCN(CC)CC.[Br-].[CH3-].[Mg+2].